The zero-order valence-electron chi connectivity index (χ0n) is 8.57. The molecule has 0 saturated carbocycles. The second kappa shape index (κ2) is 4.41. The predicted octanol–water partition coefficient (Wildman–Crippen LogP) is 1.24. The lowest BCUT2D eigenvalue weighted by molar-refractivity contribution is -0.151. The van der Waals surface area contributed by atoms with E-state index < -0.39 is 11.5 Å². The topological polar surface area (TPSA) is 58.6 Å². The molecule has 0 aromatic heterocycles. The molecule has 1 aliphatic rings. The number of ether oxygens (including phenoxy) is 1. The van der Waals surface area contributed by atoms with Gasteiger partial charge in [-0.2, -0.15) is 0 Å². The monoisotopic (exact) mass is 241 g/mol. The van der Waals surface area contributed by atoms with E-state index in [0.717, 1.165) is 0 Å². The largest absolute Gasteiger partial charge is 0.480 e. The minimum absolute atomic E-state index is 0.129. The van der Waals surface area contributed by atoms with Crippen molar-refractivity contribution in [1.29, 1.82) is 0 Å². The molecule has 16 heavy (non-hydrogen) atoms. The summed E-state index contributed by atoms with van der Waals surface area (Å²) in [6.45, 7) is 1.18. The van der Waals surface area contributed by atoms with Crippen LogP contribution in [0.2, 0.25) is 5.02 Å². The van der Waals surface area contributed by atoms with Gasteiger partial charge in [0.25, 0.3) is 0 Å². The lowest BCUT2D eigenvalue weighted by Gasteiger charge is -2.34. The van der Waals surface area contributed by atoms with Crippen LogP contribution in [-0.2, 0) is 15.1 Å². The molecule has 1 heterocycles. The van der Waals surface area contributed by atoms with Crippen LogP contribution in [0.3, 0.4) is 0 Å². The van der Waals surface area contributed by atoms with Crippen LogP contribution >= 0.6 is 11.6 Å². The van der Waals surface area contributed by atoms with Gasteiger partial charge in [-0.05, 0) is 17.7 Å². The Morgan fingerprint density at radius 2 is 2.12 bits per heavy atom. The zero-order valence-corrected chi connectivity index (χ0v) is 9.33. The number of morpholine rings is 1. The maximum absolute atomic E-state index is 11.4. The number of carboxylic acids is 1. The van der Waals surface area contributed by atoms with Crippen LogP contribution in [-0.4, -0.2) is 30.8 Å². The van der Waals surface area contributed by atoms with Crippen LogP contribution in [0.1, 0.15) is 5.56 Å². The average molecular weight is 242 g/mol. The van der Waals surface area contributed by atoms with Crippen LogP contribution in [0.5, 0.6) is 0 Å². The normalized spacial score (nSPS) is 25.3. The molecule has 1 saturated heterocycles. The van der Waals surface area contributed by atoms with Crippen molar-refractivity contribution in [2.45, 2.75) is 5.54 Å². The van der Waals surface area contributed by atoms with E-state index >= 15 is 0 Å². The molecule has 0 radical (unpaired) electrons. The molecular weight excluding hydrogens is 230 g/mol. The zero-order chi connectivity index (χ0) is 11.6. The van der Waals surface area contributed by atoms with Crippen molar-refractivity contribution in [2.75, 3.05) is 19.8 Å². The van der Waals surface area contributed by atoms with Gasteiger partial charge in [0.05, 0.1) is 13.2 Å². The maximum atomic E-state index is 11.4. The minimum atomic E-state index is -1.15. The SMILES string of the molecule is O=C(O)C1(c2ccc(Cl)cc2)COCCN1. The number of hydrogen-bond donors (Lipinski definition) is 2. The molecule has 4 nitrogen and oxygen atoms in total. The lowest BCUT2D eigenvalue weighted by atomic mass is 9.90. The number of nitrogens with one attached hydrogen (secondary N) is 1. The van der Waals surface area contributed by atoms with Gasteiger partial charge in [-0.25, -0.2) is 4.79 Å². The van der Waals surface area contributed by atoms with Gasteiger partial charge in [-0.15, -0.1) is 0 Å². The second-order valence-electron chi connectivity index (χ2n) is 3.70. The van der Waals surface area contributed by atoms with E-state index in [1.165, 1.54) is 0 Å². The molecule has 86 valence electrons. The van der Waals surface area contributed by atoms with E-state index in [0.29, 0.717) is 23.7 Å². The van der Waals surface area contributed by atoms with Crippen molar-refractivity contribution in [3.63, 3.8) is 0 Å². The van der Waals surface area contributed by atoms with Crippen molar-refractivity contribution < 1.29 is 14.6 Å². The first-order valence-electron chi connectivity index (χ1n) is 4.97. The molecule has 1 aliphatic heterocycles. The number of hydrogen-bond acceptors (Lipinski definition) is 3. The third kappa shape index (κ3) is 1.91. The van der Waals surface area contributed by atoms with E-state index in [-0.39, 0.29) is 6.61 Å². The summed E-state index contributed by atoms with van der Waals surface area (Å²) in [4.78, 5) is 11.4. The number of aliphatic carboxylic acids is 1. The number of benzene rings is 1. The molecule has 0 aliphatic carbocycles. The fraction of sp³-hybridized carbons (Fsp3) is 0.364. The van der Waals surface area contributed by atoms with E-state index in [9.17, 15) is 9.90 Å². The maximum Gasteiger partial charge on any atom is 0.331 e. The molecule has 0 bridgehead atoms. The Labute approximate surface area is 98.2 Å². The highest BCUT2D eigenvalue weighted by atomic mass is 35.5. The van der Waals surface area contributed by atoms with Crippen LogP contribution in [0.15, 0.2) is 24.3 Å². The highest BCUT2D eigenvalue weighted by Crippen LogP contribution is 2.25. The lowest BCUT2D eigenvalue weighted by Crippen LogP contribution is -2.56. The van der Waals surface area contributed by atoms with E-state index in [1.807, 2.05) is 0 Å². The summed E-state index contributed by atoms with van der Waals surface area (Å²) in [5.74, 6) is -0.936. The summed E-state index contributed by atoms with van der Waals surface area (Å²) >= 11 is 5.78. The predicted molar refractivity (Wildman–Crippen MR) is 59.6 cm³/mol. The van der Waals surface area contributed by atoms with Gasteiger partial charge in [0.1, 0.15) is 0 Å². The van der Waals surface area contributed by atoms with Gasteiger partial charge in [-0.1, -0.05) is 23.7 Å². The number of carboxylic acid groups (broad SMARTS) is 1. The van der Waals surface area contributed by atoms with Crippen LogP contribution in [0, 0.1) is 0 Å². The Morgan fingerprint density at radius 1 is 1.44 bits per heavy atom. The summed E-state index contributed by atoms with van der Waals surface area (Å²) in [5.41, 5.74) is -0.493. The van der Waals surface area contributed by atoms with Gasteiger partial charge in [0.15, 0.2) is 5.54 Å². The Hall–Kier alpha value is -1.10. The Kier molecular flexibility index (Phi) is 3.14. The molecule has 1 aromatic carbocycles. The van der Waals surface area contributed by atoms with E-state index in [4.69, 9.17) is 16.3 Å². The Bertz CT molecular complexity index is 385. The van der Waals surface area contributed by atoms with Gasteiger partial charge in [0, 0.05) is 11.6 Å². The van der Waals surface area contributed by atoms with Gasteiger partial charge in [-0.3, -0.25) is 5.32 Å². The molecule has 1 atom stereocenters. The standard InChI is InChI=1S/C11H12ClNO3/c12-9-3-1-8(2-4-9)11(10(14)15)7-16-6-5-13-11/h1-4,13H,5-7H2,(H,14,15). The molecule has 1 aromatic rings. The van der Waals surface area contributed by atoms with Crippen molar-refractivity contribution >= 4 is 17.6 Å². The van der Waals surface area contributed by atoms with Crippen molar-refractivity contribution in [3.05, 3.63) is 34.9 Å². The van der Waals surface area contributed by atoms with Gasteiger partial charge in [0.2, 0.25) is 0 Å². The Morgan fingerprint density at radius 3 is 2.62 bits per heavy atom. The van der Waals surface area contributed by atoms with Gasteiger partial charge < -0.3 is 9.84 Å². The average Bonchev–Trinajstić information content (AvgIpc) is 2.30. The highest BCUT2D eigenvalue weighted by molar-refractivity contribution is 6.30. The number of carbonyl (C=O) groups is 1. The van der Waals surface area contributed by atoms with E-state index in [2.05, 4.69) is 5.32 Å². The van der Waals surface area contributed by atoms with Crippen molar-refractivity contribution in [3.8, 4) is 0 Å². The first-order chi connectivity index (χ1) is 7.65. The first-order valence-corrected chi connectivity index (χ1v) is 5.35. The number of halogens is 1. The highest BCUT2D eigenvalue weighted by Gasteiger charge is 2.42. The molecule has 0 spiro atoms. The molecular formula is C11H12ClNO3. The van der Waals surface area contributed by atoms with Crippen molar-refractivity contribution in [2.24, 2.45) is 0 Å². The summed E-state index contributed by atoms with van der Waals surface area (Å²) < 4.78 is 5.26. The first kappa shape index (κ1) is 11.4. The Balaban J connectivity index is 2.38. The molecule has 2 rings (SSSR count). The molecule has 1 unspecified atom stereocenters. The second-order valence-corrected chi connectivity index (χ2v) is 4.13. The summed E-state index contributed by atoms with van der Waals surface area (Å²) in [6.07, 6.45) is 0. The van der Waals surface area contributed by atoms with Gasteiger partial charge >= 0.3 is 5.97 Å². The fourth-order valence-corrected chi connectivity index (χ4v) is 1.92. The van der Waals surface area contributed by atoms with E-state index in [1.54, 1.807) is 24.3 Å². The molecule has 1 fully saturated rings. The molecule has 0 amide bonds. The van der Waals surface area contributed by atoms with Crippen LogP contribution in [0.25, 0.3) is 0 Å². The minimum Gasteiger partial charge on any atom is -0.480 e. The third-order valence-electron chi connectivity index (χ3n) is 2.69. The molecule has 5 heteroatoms. The summed E-state index contributed by atoms with van der Waals surface area (Å²) in [7, 11) is 0. The number of rotatable bonds is 2. The molecule has 2 N–H and O–H groups in total. The van der Waals surface area contributed by atoms with Crippen LogP contribution < -0.4 is 5.32 Å². The van der Waals surface area contributed by atoms with Crippen LogP contribution in [0.4, 0.5) is 0 Å². The third-order valence-corrected chi connectivity index (χ3v) is 2.95. The smallest absolute Gasteiger partial charge is 0.331 e. The fourth-order valence-electron chi connectivity index (χ4n) is 1.79. The summed E-state index contributed by atoms with van der Waals surface area (Å²) in [5, 5.41) is 12.9. The summed E-state index contributed by atoms with van der Waals surface area (Å²) in [6, 6.07) is 6.77. The van der Waals surface area contributed by atoms with Crippen molar-refractivity contribution in [1.82, 2.24) is 5.32 Å². The quantitative estimate of drug-likeness (QED) is 0.818.